The largest absolute Gasteiger partial charge is 0.432 e. The average molecular weight is 212 g/mol. The molecule has 0 N–H and O–H groups in total. The van der Waals surface area contributed by atoms with Gasteiger partial charge in [-0.3, -0.25) is 14.6 Å². The van der Waals surface area contributed by atoms with Crippen LogP contribution in [0.4, 0.5) is 13.2 Å². The van der Waals surface area contributed by atoms with Crippen LogP contribution in [0.5, 0.6) is 0 Å². The third-order valence-electron chi connectivity index (χ3n) is 1.55. The summed E-state index contributed by atoms with van der Waals surface area (Å²) in [6.07, 6.45) is -4.10. The van der Waals surface area contributed by atoms with E-state index in [0.717, 1.165) is 12.2 Å². The van der Waals surface area contributed by atoms with Crippen LogP contribution in [0.25, 0.3) is 0 Å². The highest BCUT2D eigenvalue weighted by Gasteiger charge is 2.37. The Balaban J connectivity index is 4.85. The Morgan fingerprint density at radius 2 is 1.86 bits per heavy atom. The SMILES string of the molecule is CON(C)N(C)/C(=C\C=O)C(F)(F)F. The number of halogens is 3. The van der Waals surface area contributed by atoms with Crippen molar-refractivity contribution in [2.45, 2.75) is 6.18 Å². The number of hydrazine groups is 1. The Morgan fingerprint density at radius 1 is 1.36 bits per heavy atom. The summed E-state index contributed by atoms with van der Waals surface area (Å²) in [7, 11) is 3.63. The van der Waals surface area contributed by atoms with E-state index in [4.69, 9.17) is 0 Å². The molecule has 0 aromatic heterocycles. The van der Waals surface area contributed by atoms with Crippen molar-refractivity contribution in [2.75, 3.05) is 21.2 Å². The molecule has 0 amide bonds. The highest BCUT2D eigenvalue weighted by atomic mass is 19.4. The van der Waals surface area contributed by atoms with Crippen LogP contribution in [-0.2, 0) is 9.63 Å². The van der Waals surface area contributed by atoms with Crippen LogP contribution in [-0.4, -0.2) is 43.8 Å². The highest BCUT2D eigenvalue weighted by Crippen LogP contribution is 2.27. The topological polar surface area (TPSA) is 32.8 Å². The zero-order chi connectivity index (χ0) is 11.4. The average Bonchev–Trinajstić information content (AvgIpc) is 2.09. The molecule has 0 fully saturated rings. The molecule has 82 valence electrons. The number of carbonyl (C=O) groups excluding carboxylic acids is 1. The first-order chi connectivity index (χ1) is 6.34. The van der Waals surface area contributed by atoms with Crippen molar-refractivity contribution in [3.8, 4) is 0 Å². The minimum Gasteiger partial charge on any atom is -0.298 e. The van der Waals surface area contributed by atoms with E-state index in [1.165, 1.54) is 14.2 Å². The molecule has 0 heterocycles. The maximum Gasteiger partial charge on any atom is 0.432 e. The van der Waals surface area contributed by atoms with Crippen LogP contribution in [0, 0.1) is 0 Å². The molecule has 0 rings (SSSR count). The Hall–Kier alpha value is -1.08. The Bertz CT molecular complexity index is 227. The van der Waals surface area contributed by atoms with Gasteiger partial charge in [0.2, 0.25) is 0 Å². The van der Waals surface area contributed by atoms with Crippen molar-refractivity contribution in [2.24, 2.45) is 0 Å². The van der Waals surface area contributed by atoms with Crippen LogP contribution in [0.15, 0.2) is 11.8 Å². The third kappa shape index (κ3) is 3.35. The molecule has 14 heavy (non-hydrogen) atoms. The zero-order valence-corrected chi connectivity index (χ0v) is 8.00. The van der Waals surface area contributed by atoms with Crippen LogP contribution >= 0.6 is 0 Å². The van der Waals surface area contributed by atoms with Gasteiger partial charge in [-0.25, -0.2) is 0 Å². The minimum atomic E-state index is -4.59. The third-order valence-corrected chi connectivity index (χ3v) is 1.55. The molecule has 0 bridgehead atoms. The first-order valence-electron chi connectivity index (χ1n) is 3.58. The predicted molar refractivity (Wildman–Crippen MR) is 42.7 cm³/mol. The monoisotopic (exact) mass is 212 g/mol. The van der Waals surface area contributed by atoms with Crippen LogP contribution < -0.4 is 0 Å². The van der Waals surface area contributed by atoms with Gasteiger partial charge in [0.1, 0.15) is 12.0 Å². The van der Waals surface area contributed by atoms with Crippen LogP contribution in [0.1, 0.15) is 0 Å². The molecule has 0 unspecified atom stereocenters. The lowest BCUT2D eigenvalue weighted by atomic mass is 10.4. The number of rotatable bonds is 4. The van der Waals surface area contributed by atoms with E-state index >= 15 is 0 Å². The predicted octanol–water partition coefficient (Wildman–Crippen LogP) is 0.971. The molecular weight excluding hydrogens is 201 g/mol. The van der Waals surface area contributed by atoms with Crippen molar-refractivity contribution < 1.29 is 22.8 Å². The van der Waals surface area contributed by atoms with Crippen molar-refractivity contribution in [3.05, 3.63) is 11.8 Å². The fourth-order valence-electron chi connectivity index (χ4n) is 0.724. The second kappa shape index (κ2) is 4.97. The Morgan fingerprint density at radius 3 is 2.14 bits per heavy atom. The van der Waals surface area contributed by atoms with E-state index in [2.05, 4.69) is 4.84 Å². The summed E-state index contributed by atoms with van der Waals surface area (Å²) in [5, 5.41) is 1.53. The fourth-order valence-corrected chi connectivity index (χ4v) is 0.724. The quantitative estimate of drug-likeness (QED) is 0.395. The maximum atomic E-state index is 12.3. The first-order valence-corrected chi connectivity index (χ1v) is 3.58. The number of carbonyl (C=O) groups is 1. The summed E-state index contributed by atoms with van der Waals surface area (Å²) >= 11 is 0. The van der Waals surface area contributed by atoms with Gasteiger partial charge in [0.25, 0.3) is 0 Å². The van der Waals surface area contributed by atoms with Gasteiger partial charge in [0, 0.05) is 20.2 Å². The van der Waals surface area contributed by atoms with E-state index < -0.39 is 11.9 Å². The van der Waals surface area contributed by atoms with Crippen molar-refractivity contribution in [1.29, 1.82) is 0 Å². The molecule has 0 aliphatic carbocycles. The summed E-state index contributed by atoms with van der Waals surface area (Å²) in [6.45, 7) is 0. The smallest absolute Gasteiger partial charge is 0.298 e. The van der Waals surface area contributed by atoms with Crippen LogP contribution in [0.3, 0.4) is 0 Å². The van der Waals surface area contributed by atoms with E-state index in [1.807, 2.05) is 0 Å². The molecule has 0 spiro atoms. The number of aldehydes is 1. The second-order valence-corrected chi connectivity index (χ2v) is 2.36. The molecule has 0 aliphatic rings. The van der Waals surface area contributed by atoms with Gasteiger partial charge >= 0.3 is 6.18 Å². The number of allylic oxidation sites excluding steroid dienone is 2. The van der Waals surface area contributed by atoms with E-state index in [-0.39, 0.29) is 6.29 Å². The van der Waals surface area contributed by atoms with E-state index in [0.29, 0.717) is 11.1 Å². The molecule has 0 saturated heterocycles. The van der Waals surface area contributed by atoms with Gasteiger partial charge < -0.3 is 0 Å². The van der Waals surface area contributed by atoms with Gasteiger partial charge in [-0.05, 0) is 0 Å². The van der Waals surface area contributed by atoms with E-state index in [9.17, 15) is 18.0 Å². The number of hydroxylamine groups is 1. The molecule has 0 aromatic carbocycles. The van der Waals surface area contributed by atoms with E-state index in [1.54, 1.807) is 0 Å². The Labute approximate surface area is 79.5 Å². The molecule has 0 saturated carbocycles. The molecular formula is C7H11F3N2O2. The molecule has 0 radical (unpaired) electrons. The summed E-state index contributed by atoms with van der Waals surface area (Å²) in [6, 6.07) is 0. The maximum absolute atomic E-state index is 12.3. The highest BCUT2D eigenvalue weighted by molar-refractivity contribution is 5.66. The normalized spacial score (nSPS) is 13.2. The Kier molecular flexibility index (Phi) is 4.58. The standard InChI is InChI=1S/C7H11F3N2O2/c1-11(12(2)14-3)6(4-5-13)7(8,9)10/h4-5H,1-3H3/b6-4-. The van der Waals surface area contributed by atoms with Crippen LogP contribution in [0.2, 0.25) is 0 Å². The van der Waals surface area contributed by atoms with Gasteiger partial charge in [-0.15, -0.1) is 5.17 Å². The van der Waals surface area contributed by atoms with Gasteiger partial charge in [-0.2, -0.15) is 13.2 Å². The molecule has 7 heteroatoms. The fraction of sp³-hybridized carbons (Fsp3) is 0.571. The van der Waals surface area contributed by atoms with Gasteiger partial charge in [0.15, 0.2) is 0 Å². The summed E-state index contributed by atoms with van der Waals surface area (Å²) < 4.78 is 36.9. The summed E-state index contributed by atoms with van der Waals surface area (Å²) in [5.41, 5.74) is -1.10. The number of hydrogen-bond donors (Lipinski definition) is 0. The number of hydrogen-bond acceptors (Lipinski definition) is 4. The van der Waals surface area contributed by atoms with Crippen molar-refractivity contribution in [3.63, 3.8) is 0 Å². The lowest BCUT2D eigenvalue weighted by Crippen LogP contribution is -2.40. The first kappa shape index (κ1) is 12.9. The molecule has 0 atom stereocenters. The molecule has 4 nitrogen and oxygen atoms in total. The number of nitrogens with zero attached hydrogens (tertiary/aromatic N) is 2. The zero-order valence-electron chi connectivity index (χ0n) is 8.00. The molecule has 0 aromatic rings. The second-order valence-electron chi connectivity index (χ2n) is 2.36. The summed E-state index contributed by atoms with van der Waals surface area (Å²) in [4.78, 5) is 14.6. The minimum absolute atomic E-state index is 0.0722. The summed E-state index contributed by atoms with van der Waals surface area (Å²) in [5.74, 6) is 0. The van der Waals surface area contributed by atoms with Gasteiger partial charge in [0.05, 0.1) is 7.11 Å². The van der Waals surface area contributed by atoms with Crippen molar-refractivity contribution in [1.82, 2.24) is 10.2 Å². The lowest BCUT2D eigenvalue weighted by Gasteiger charge is -2.30. The van der Waals surface area contributed by atoms with Gasteiger partial charge in [-0.1, -0.05) is 0 Å². The molecule has 0 aliphatic heterocycles. The number of alkyl halides is 3. The lowest BCUT2D eigenvalue weighted by molar-refractivity contribution is -0.248. The van der Waals surface area contributed by atoms with Crippen molar-refractivity contribution >= 4 is 6.29 Å².